The third-order valence-electron chi connectivity index (χ3n) is 2.62. The molecule has 18 heavy (non-hydrogen) atoms. The van der Waals surface area contributed by atoms with E-state index in [1.165, 1.54) is 0 Å². The first-order valence-electron chi connectivity index (χ1n) is 6.13. The van der Waals surface area contributed by atoms with Crippen LogP contribution in [0.25, 0.3) is 0 Å². The van der Waals surface area contributed by atoms with Crippen molar-refractivity contribution in [2.75, 3.05) is 44.4 Å². The smallest absolute Gasteiger partial charge is 0.146 e. The molecule has 1 heterocycles. The van der Waals surface area contributed by atoms with Crippen LogP contribution in [0.15, 0.2) is 12.3 Å². The lowest BCUT2D eigenvalue weighted by atomic mass is 10.2. The summed E-state index contributed by atoms with van der Waals surface area (Å²) in [6.45, 7) is 4.79. The van der Waals surface area contributed by atoms with E-state index < -0.39 is 0 Å². The number of nitrogen functional groups attached to an aromatic ring is 1. The van der Waals surface area contributed by atoms with Crippen LogP contribution in [0.3, 0.4) is 0 Å². The van der Waals surface area contributed by atoms with Crippen molar-refractivity contribution in [2.24, 2.45) is 0 Å². The van der Waals surface area contributed by atoms with Gasteiger partial charge in [-0.15, -0.1) is 0 Å². The fraction of sp³-hybridized carbons (Fsp3) is 0.538. The van der Waals surface area contributed by atoms with Gasteiger partial charge in [-0.1, -0.05) is 6.92 Å². The predicted molar refractivity (Wildman–Crippen MR) is 74.4 cm³/mol. The van der Waals surface area contributed by atoms with E-state index in [2.05, 4.69) is 27.8 Å². The van der Waals surface area contributed by atoms with Gasteiger partial charge in [-0.2, -0.15) is 5.26 Å². The molecule has 0 saturated heterocycles. The van der Waals surface area contributed by atoms with Gasteiger partial charge in [0.1, 0.15) is 11.9 Å². The summed E-state index contributed by atoms with van der Waals surface area (Å²) < 4.78 is 0. The van der Waals surface area contributed by atoms with E-state index in [4.69, 9.17) is 11.0 Å². The Hall–Kier alpha value is -1.80. The maximum Gasteiger partial charge on any atom is 0.146 e. The molecule has 0 aliphatic heterocycles. The fourth-order valence-corrected chi connectivity index (χ4v) is 1.72. The van der Waals surface area contributed by atoms with Gasteiger partial charge in [0.05, 0.1) is 17.4 Å². The first kappa shape index (κ1) is 14.3. The molecule has 0 amide bonds. The highest BCUT2D eigenvalue weighted by molar-refractivity contribution is 5.58. The van der Waals surface area contributed by atoms with E-state index in [1.807, 2.05) is 14.1 Å². The molecular weight excluding hydrogens is 226 g/mol. The molecule has 0 aliphatic rings. The summed E-state index contributed by atoms with van der Waals surface area (Å²) in [6, 6.07) is 3.85. The van der Waals surface area contributed by atoms with Gasteiger partial charge < -0.3 is 15.5 Å². The van der Waals surface area contributed by atoms with E-state index in [-0.39, 0.29) is 0 Å². The van der Waals surface area contributed by atoms with Crippen LogP contribution in [0.5, 0.6) is 0 Å². The van der Waals surface area contributed by atoms with Crippen molar-refractivity contribution in [3.05, 3.63) is 17.8 Å². The standard InChI is InChI=1S/C13H21N5/c1-4-5-18(7-6-17(2)3)13-11(9-14)8-12(15)10-16-13/h8,10H,4-7,15H2,1-3H3. The second kappa shape index (κ2) is 6.82. The number of hydrogen-bond acceptors (Lipinski definition) is 5. The van der Waals surface area contributed by atoms with Gasteiger partial charge in [0.25, 0.3) is 0 Å². The van der Waals surface area contributed by atoms with Gasteiger partial charge in [0.2, 0.25) is 0 Å². The van der Waals surface area contributed by atoms with E-state index in [0.717, 1.165) is 31.9 Å². The van der Waals surface area contributed by atoms with Gasteiger partial charge in [-0.25, -0.2) is 4.98 Å². The van der Waals surface area contributed by atoms with Crippen LogP contribution in [-0.4, -0.2) is 43.6 Å². The molecule has 0 fully saturated rings. The molecule has 1 rings (SSSR count). The van der Waals surface area contributed by atoms with E-state index >= 15 is 0 Å². The zero-order chi connectivity index (χ0) is 13.5. The minimum Gasteiger partial charge on any atom is -0.397 e. The van der Waals surface area contributed by atoms with E-state index in [0.29, 0.717) is 11.3 Å². The summed E-state index contributed by atoms with van der Waals surface area (Å²) >= 11 is 0. The molecule has 2 N–H and O–H groups in total. The maximum absolute atomic E-state index is 9.15. The van der Waals surface area contributed by atoms with Crippen molar-refractivity contribution in [1.29, 1.82) is 5.26 Å². The second-order valence-corrected chi connectivity index (χ2v) is 4.54. The Labute approximate surface area is 109 Å². The number of nitrogens with zero attached hydrogens (tertiary/aromatic N) is 4. The van der Waals surface area contributed by atoms with Gasteiger partial charge >= 0.3 is 0 Å². The molecule has 0 saturated carbocycles. The summed E-state index contributed by atoms with van der Waals surface area (Å²) in [5.74, 6) is 0.732. The topological polar surface area (TPSA) is 69.2 Å². The number of hydrogen-bond donors (Lipinski definition) is 1. The Morgan fingerprint density at radius 3 is 2.61 bits per heavy atom. The summed E-state index contributed by atoms with van der Waals surface area (Å²) in [4.78, 5) is 8.56. The molecule has 0 unspecified atom stereocenters. The molecule has 5 nitrogen and oxygen atoms in total. The van der Waals surface area contributed by atoms with Crippen molar-refractivity contribution in [2.45, 2.75) is 13.3 Å². The second-order valence-electron chi connectivity index (χ2n) is 4.54. The lowest BCUT2D eigenvalue weighted by Gasteiger charge is -2.25. The Bertz CT molecular complexity index is 422. The number of nitriles is 1. The van der Waals surface area contributed by atoms with Crippen molar-refractivity contribution in [3.8, 4) is 6.07 Å². The van der Waals surface area contributed by atoms with Crippen LogP contribution >= 0.6 is 0 Å². The quantitative estimate of drug-likeness (QED) is 0.821. The average molecular weight is 247 g/mol. The predicted octanol–water partition coefficient (Wildman–Crippen LogP) is 1.31. The van der Waals surface area contributed by atoms with Crippen LogP contribution in [0.2, 0.25) is 0 Å². The molecular formula is C13H21N5. The number of anilines is 2. The van der Waals surface area contributed by atoms with Crippen LogP contribution in [0, 0.1) is 11.3 Å². The Kier molecular flexibility index (Phi) is 5.40. The highest BCUT2D eigenvalue weighted by Crippen LogP contribution is 2.19. The van der Waals surface area contributed by atoms with E-state index in [9.17, 15) is 0 Å². The normalized spacial score (nSPS) is 10.4. The summed E-state index contributed by atoms with van der Waals surface area (Å²) in [7, 11) is 4.07. The minimum absolute atomic E-state index is 0.527. The lowest BCUT2D eigenvalue weighted by molar-refractivity contribution is 0.412. The monoisotopic (exact) mass is 247 g/mol. The molecule has 0 bridgehead atoms. The van der Waals surface area contributed by atoms with Gasteiger partial charge in [0.15, 0.2) is 0 Å². The van der Waals surface area contributed by atoms with Crippen LogP contribution in [0.4, 0.5) is 11.5 Å². The maximum atomic E-state index is 9.15. The molecule has 1 aromatic heterocycles. The SMILES string of the molecule is CCCN(CCN(C)C)c1ncc(N)cc1C#N. The number of pyridine rings is 1. The van der Waals surface area contributed by atoms with Crippen LogP contribution in [-0.2, 0) is 0 Å². The highest BCUT2D eigenvalue weighted by atomic mass is 15.2. The van der Waals surface area contributed by atoms with Crippen molar-refractivity contribution in [3.63, 3.8) is 0 Å². The molecule has 0 aliphatic carbocycles. The van der Waals surface area contributed by atoms with Gasteiger partial charge in [0, 0.05) is 19.6 Å². The molecule has 0 radical (unpaired) electrons. The number of rotatable bonds is 6. The minimum atomic E-state index is 0.527. The Morgan fingerprint density at radius 2 is 2.06 bits per heavy atom. The van der Waals surface area contributed by atoms with Crippen molar-refractivity contribution in [1.82, 2.24) is 9.88 Å². The molecule has 0 spiro atoms. The van der Waals surface area contributed by atoms with E-state index in [1.54, 1.807) is 12.3 Å². The molecule has 1 aromatic rings. The molecule has 0 aromatic carbocycles. The first-order valence-corrected chi connectivity index (χ1v) is 6.13. The zero-order valence-corrected chi connectivity index (χ0v) is 11.3. The number of likely N-dealkylation sites (N-methyl/N-ethyl adjacent to an activating group) is 1. The third-order valence-corrected chi connectivity index (χ3v) is 2.62. The van der Waals surface area contributed by atoms with Gasteiger partial charge in [-0.05, 0) is 26.6 Å². The zero-order valence-electron chi connectivity index (χ0n) is 11.3. The number of nitrogens with two attached hydrogens (primary N) is 1. The van der Waals surface area contributed by atoms with Crippen LogP contribution in [0.1, 0.15) is 18.9 Å². The summed E-state index contributed by atoms with van der Waals surface area (Å²) in [5.41, 5.74) is 6.73. The Morgan fingerprint density at radius 1 is 1.33 bits per heavy atom. The largest absolute Gasteiger partial charge is 0.397 e. The molecule has 98 valence electrons. The summed E-state index contributed by atoms with van der Waals surface area (Å²) in [5, 5.41) is 9.15. The number of aromatic nitrogens is 1. The fourth-order valence-electron chi connectivity index (χ4n) is 1.72. The molecule has 5 heteroatoms. The first-order chi connectivity index (χ1) is 8.58. The van der Waals surface area contributed by atoms with Gasteiger partial charge in [-0.3, -0.25) is 0 Å². The third kappa shape index (κ3) is 3.90. The summed E-state index contributed by atoms with van der Waals surface area (Å²) in [6.07, 6.45) is 2.62. The van der Waals surface area contributed by atoms with Crippen LogP contribution < -0.4 is 10.6 Å². The highest BCUT2D eigenvalue weighted by Gasteiger charge is 2.12. The molecule has 0 atom stereocenters. The Balaban J connectivity index is 2.94. The van der Waals surface area contributed by atoms with Crippen molar-refractivity contribution < 1.29 is 0 Å². The average Bonchev–Trinajstić information content (AvgIpc) is 2.34. The lowest BCUT2D eigenvalue weighted by Crippen LogP contribution is -2.33. The van der Waals surface area contributed by atoms with Crippen molar-refractivity contribution >= 4 is 11.5 Å².